The Morgan fingerprint density at radius 3 is 2.94 bits per heavy atom. The van der Waals surface area contributed by atoms with E-state index in [-0.39, 0.29) is 0 Å². The lowest BCUT2D eigenvalue weighted by Crippen LogP contribution is -2.05. The van der Waals surface area contributed by atoms with E-state index in [1.54, 1.807) is 13.3 Å². The van der Waals surface area contributed by atoms with Gasteiger partial charge in [-0.15, -0.1) is 0 Å². The smallest absolute Gasteiger partial charge is 0.126 e. The van der Waals surface area contributed by atoms with Gasteiger partial charge in [0.25, 0.3) is 0 Å². The van der Waals surface area contributed by atoms with E-state index in [0.717, 1.165) is 25.0 Å². The Morgan fingerprint density at radius 1 is 1.38 bits per heavy atom. The molecule has 0 fully saturated rings. The average Bonchev–Trinajstić information content (AvgIpc) is 2.28. The SMILES string of the molecule is COCCCOCCc1cc(Cl)cnc1N. The summed E-state index contributed by atoms with van der Waals surface area (Å²) < 4.78 is 10.3. The van der Waals surface area contributed by atoms with Gasteiger partial charge in [-0.1, -0.05) is 11.6 Å². The van der Waals surface area contributed by atoms with E-state index >= 15 is 0 Å². The summed E-state index contributed by atoms with van der Waals surface area (Å²) in [6.45, 7) is 2.04. The van der Waals surface area contributed by atoms with Crippen LogP contribution in [-0.2, 0) is 15.9 Å². The number of rotatable bonds is 7. The molecule has 0 aliphatic rings. The van der Waals surface area contributed by atoms with Gasteiger partial charge in [-0.2, -0.15) is 0 Å². The summed E-state index contributed by atoms with van der Waals surface area (Å²) in [6.07, 6.45) is 3.17. The molecule has 0 aliphatic heterocycles. The summed E-state index contributed by atoms with van der Waals surface area (Å²) >= 11 is 5.82. The summed E-state index contributed by atoms with van der Waals surface area (Å²) in [5, 5.41) is 0.601. The molecule has 0 aliphatic carbocycles. The third-order valence-electron chi connectivity index (χ3n) is 2.12. The molecule has 0 radical (unpaired) electrons. The molecule has 0 saturated heterocycles. The van der Waals surface area contributed by atoms with Crippen molar-refractivity contribution in [3.63, 3.8) is 0 Å². The third-order valence-corrected chi connectivity index (χ3v) is 2.33. The number of pyridine rings is 1. The second-order valence-electron chi connectivity index (χ2n) is 3.41. The molecule has 0 aromatic carbocycles. The zero-order chi connectivity index (χ0) is 11.8. The minimum Gasteiger partial charge on any atom is -0.385 e. The highest BCUT2D eigenvalue weighted by Gasteiger charge is 2.01. The third kappa shape index (κ3) is 4.79. The van der Waals surface area contributed by atoms with E-state index in [4.69, 9.17) is 26.8 Å². The molecule has 0 spiro atoms. The van der Waals surface area contributed by atoms with Gasteiger partial charge in [-0.25, -0.2) is 4.98 Å². The summed E-state index contributed by atoms with van der Waals surface area (Å²) in [7, 11) is 1.68. The summed E-state index contributed by atoms with van der Waals surface area (Å²) in [5.74, 6) is 0.518. The van der Waals surface area contributed by atoms with Gasteiger partial charge in [-0.3, -0.25) is 0 Å². The van der Waals surface area contributed by atoms with Crippen LogP contribution in [0.5, 0.6) is 0 Å². The molecule has 1 heterocycles. The Kier molecular flexibility index (Phi) is 6.15. The average molecular weight is 245 g/mol. The summed E-state index contributed by atoms with van der Waals surface area (Å²) in [4.78, 5) is 3.98. The van der Waals surface area contributed by atoms with Crippen LogP contribution in [-0.4, -0.2) is 31.9 Å². The van der Waals surface area contributed by atoms with Crippen molar-refractivity contribution in [2.45, 2.75) is 12.8 Å². The van der Waals surface area contributed by atoms with E-state index in [0.29, 0.717) is 24.1 Å². The minimum atomic E-state index is 0.518. The molecule has 4 nitrogen and oxygen atoms in total. The predicted octanol–water partition coefficient (Wildman–Crippen LogP) is 1.91. The van der Waals surface area contributed by atoms with Gasteiger partial charge in [0.2, 0.25) is 0 Å². The number of hydrogen-bond donors (Lipinski definition) is 1. The number of aromatic nitrogens is 1. The van der Waals surface area contributed by atoms with Gasteiger partial charge in [0.1, 0.15) is 5.82 Å². The fourth-order valence-electron chi connectivity index (χ4n) is 1.28. The number of nitrogen functional groups attached to an aromatic ring is 1. The van der Waals surface area contributed by atoms with E-state index < -0.39 is 0 Å². The molecule has 0 amide bonds. The number of nitrogens with two attached hydrogens (primary N) is 1. The lowest BCUT2D eigenvalue weighted by Gasteiger charge is -2.06. The van der Waals surface area contributed by atoms with E-state index in [1.165, 1.54) is 0 Å². The van der Waals surface area contributed by atoms with E-state index in [1.807, 2.05) is 6.07 Å². The first-order chi connectivity index (χ1) is 7.74. The highest BCUT2D eigenvalue weighted by molar-refractivity contribution is 6.30. The van der Waals surface area contributed by atoms with Crippen LogP contribution in [0.2, 0.25) is 5.02 Å². The van der Waals surface area contributed by atoms with Crippen molar-refractivity contribution in [1.29, 1.82) is 0 Å². The molecule has 16 heavy (non-hydrogen) atoms. The van der Waals surface area contributed by atoms with Crippen molar-refractivity contribution in [2.24, 2.45) is 0 Å². The lowest BCUT2D eigenvalue weighted by molar-refractivity contribution is 0.105. The number of anilines is 1. The van der Waals surface area contributed by atoms with Gasteiger partial charge in [0, 0.05) is 26.5 Å². The van der Waals surface area contributed by atoms with E-state index in [2.05, 4.69) is 4.98 Å². The van der Waals surface area contributed by atoms with Crippen molar-refractivity contribution in [3.05, 3.63) is 22.8 Å². The zero-order valence-corrected chi connectivity index (χ0v) is 10.2. The van der Waals surface area contributed by atoms with Crippen molar-refractivity contribution < 1.29 is 9.47 Å². The number of halogens is 1. The standard InChI is InChI=1S/C11H17ClN2O2/c1-15-4-2-5-16-6-3-9-7-10(12)8-14-11(9)13/h7-8H,2-6H2,1H3,(H2,13,14). The monoisotopic (exact) mass is 244 g/mol. The zero-order valence-electron chi connectivity index (χ0n) is 9.41. The Labute approximate surface area is 101 Å². The molecule has 0 atom stereocenters. The Balaban J connectivity index is 2.23. The highest BCUT2D eigenvalue weighted by atomic mass is 35.5. The van der Waals surface area contributed by atoms with Crippen LogP contribution in [0.15, 0.2) is 12.3 Å². The second-order valence-corrected chi connectivity index (χ2v) is 3.84. The van der Waals surface area contributed by atoms with Crippen LogP contribution in [0.4, 0.5) is 5.82 Å². The number of methoxy groups -OCH3 is 1. The fourth-order valence-corrected chi connectivity index (χ4v) is 1.46. The van der Waals surface area contributed by atoms with Gasteiger partial charge in [0.05, 0.1) is 11.6 Å². The topological polar surface area (TPSA) is 57.4 Å². The van der Waals surface area contributed by atoms with Crippen molar-refractivity contribution >= 4 is 17.4 Å². The molecule has 0 saturated carbocycles. The molecule has 1 rings (SSSR count). The van der Waals surface area contributed by atoms with Gasteiger partial charge in [-0.05, 0) is 24.5 Å². The molecule has 0 bridgehead atoms. The lowest BCUT2D eigenvalue weighted by atomic mass is 10.2. The first-order valence-electron chi connectivity index (χ1n) is 5.20. The predicted molar refractivity (Wildman–Crippen MR) is 64.7 cm³/mol. The van der Waals surface area contributed by atoms with E-state index in [9.17, 15) is 0 Å². The quantitative estimate of drug-likeness (QED) is 0.745. The number of hydrogen-bond acceptors (Lipinski definition) is 4. The maximum Gasteiger partial charge on any atom is 0.126 e. The summed E-state index contributed by atoms with van der Waals surface area (Å²) in [6, 6.07) is 1.82. The minimum absolute atomic E-state index is 0.518. The van der Waals surface area contributed by atoms with Crippen molar-refractivity contribution in [3.8, 4) is 0 Å². The second kappa shape index (κ2) is 7.44. The molecular weight excluding hydrogens is 228 g/mol. The van der Waals surface area contributed by atoms with Crippen LogP contribution >= 0.6 is 11.6 Å². The number of ether oxygens (including phenoxy) is 2. The summed E-state index contributed by atoms with van der Waals surface area (Å²) in [5.41, 5.74) is 6.64. The van der Waals surface area contributed by atoms with Gasteiger partial charge < -0.3 is 15.2 Å². The van der Waals surface area contributed by atoms with Crippen LogP contribution in [0.1, 0.15) is 12.0 Å². The van der Waals surface area contributed by atoms with Gasteiger partial charge >= 0.3 is 0 Å². The van der Waals surface area contributed by atoms with Crippen LogP contribution < -0.4 is 5.73 Å². The van der Waals surface area contributed by atoms with Gasteiger partial charge in [0.15, 0.2) is 0 Å². The first kappa shape index (κ1) is 13.2. The van der Waals surface area contributed by atoms with Crippen LogP contribution in [0.25, 0.3) is 0 Å². The fraction of sp³-hybridized carbons (Fsp3) is 0.545. The maximum absolute atomic E-state index is 5.82. The highest BCUT2D eigenvalue weighted by Crippen LogP contribution is 2.15. The Hall–Kier alpha value is -0.840. The van der Waals surface area contributed by atoms with Crippen LogP contribution in [0, 0.1) is 0 Å². The molecule has 1 aromatic rings. The molecule has 5 heteroatoms. The normalized spacial score (nSPS) is 10.6. The molecule has 2 N–H and O–H groups in total. The Bertz CT molecular complexity index is 321. The van der Waals surface area contributed by atoms with Crippen molar-refractivity contribution in [2.75, 3.05) is 32.7 Å². The molecular formula is C11H17ClN2O2. The number of nitrogens with zero attached hydrogens (tertiary/aromatic N) is 1. The van der Waals surface area contributed by atoms with Crippen molar-refractivity contribution in [1.82, 2.24) is 4.98 Å². The molecule has 90 valence electrons. The largest absolute Gasteiger partial charge is 0.385 e. The maximum atomic E-state index is 5.82. The first-order valence-corrected chi connectivity index (χ1v) is 5.58. The molecule has 1 aromatic heterocycles. The molecule has 0 unspecified atom stereocenters. The van der Waals surface area contributed by atoms with Crippen LogP contribution in [0.3, 0.4) is 0 Å². The Morgan fingerprint density at radius 2 is 2.19 bits per heavy atom.